The lowest BCUT2D eigenvalue weighted by Gasteiger charge is -2.12. The van der Waals surface area contributed by atoms with Gasteiger partial charge in [-0.2, -0.15) is 0 Å². The highest BCUT2D eigenvalue weighted by Gasteiger charge is 2.15. The van der Waals surface area contributed by atoms with Crippen molar-refractivity contribution in [1.29, 1.82) is 0 Å². The Morgan fingerprint density at radius 1 is 1.18 bits per heavy atom. The molecule has 0 atom stereocenters. The minimum absolute atomic E-state index is 0.126. The van der Waals surface area contributed by atoms with Crippen LogP contribution in [-0.4, -0.2) is 52.9 Å². The molecule has 0 unspecified atom stereocenters. The van der Waals surface area contributed by atoms with E-state index in [-0.39, 0.29) is 5.91 Å². The van der Waals surface area contributed by atoms with E-state index >= 15 is 0 Å². The normalized spacial score (nSPS) is 11.4. The lowest BCUT2D eigenvalue weighted by Crippen LogP contribution is -2.31. The number of carbonyl (C=O) groups is 1. The maximum atomic E-state index is 12.8. The Labute approximate surface area is 163 Å². The van der Waals surface area contributed by atoms with Gasteiger partial charge in [0.2, 0.25) is 0 Å². The fourth-order valence-electron chi connectivity index (χ4n) is 3.25. The van der Waals surface area contributed by atoms with E-state index in [0.29, 0.717) is 17.6 Å². The molecule has 0 saturated heterocycles. The van der Waals surface area contributed by atoms with Crippen molar-refractivity contribution >= 4 is 27.8 Å². The fourth-order valence-corrected chi connectivity index (χ4v) is 3.25. The first kappa shape index (κ1) is 18.1. The lowest BCUT2D eigenvalue weighted by atomic mass is 10.0. The number of amides is 1. The Balaban J connectivity index is 1.77. The highest BCUT2D eigenvalue weighted by Crippen LogP contribution is 2.27. The maximum Gasteiger partial charge on any atom is 0.253 e. The zero-order valence-electron chi connectivity index (χ0n) is 16.3. The predicted octanol–water partition coefficient (Wildman–Crippen LogP) is 3.38. The Hall–Kier alpha value is -3.25. The first-order valence-corrected chi connectivity index (χ1v) is 9.30. The molecule has 1 amide bonds. The third kappa shape index (κ3) is 3.59. The second kappa shape index (κ2) is 7.40. The van der Waals surface area contributed by atoms with Crippen LogP contribution in [0.3, 0.4) is 0 Å². The number of rotatable bonds is 5. The van der Waals surface area contributed by atoms with Crippen LogP contribution < -0.4 is 5.32 Å². The van der Waals surface area contributed by atoms with Gasteiger partial charge in [-0.1, -0.05) is 12.1 Å². The van der Waals surface area contributed by atoms with Crippen LogP contribution in [0.5, 0.6) is 0 Å². The van der Waals surface area contributed by atoms with Gasteiger partial charge in [-0.3, -0.25) is 9.78 Å². The molecule has 2 heterocycles. The molecule has 2 aromatic carbocycles. The number of pyridine rings is 1. The van der Waals surface area contributed by atoms with Gasteiger partial charge in [-0.25, -0.2) is 4.98 Å². The van der Waals surface area contributed by atoms with Crippen LogP contribution >= 0.6 is 0 Å². The number of benzene rings is 2. The van der Waals surface area contributed by atoms with Gasteiger partial charge in [0.05, 0.1) is 22.1 Å². The number of hydrogen-bond donors (Lipinski definition) is 2. The number of aromatic amines is 1. The van der Waals surface area contributed by atoms with Gasteiger partial charge >= 0.3 is 0 Å². The third-order valence-electron chi connectivity index (χ3n) is 4.70. The van der Waals surface area contributed by atoms with Gasteiger partial charge in [0.25, 0.3) is 5.91 Å². The zero-order valence-corrected chi connectivity index (χ0v) is 16.3. The summed E-state index contributed by atoms with van der Waals surface area (Å²) in [6.45, 7) is 3.41. The highest BCUT2D eigenvalue weighted by molar-refractivity contribution is 6.07. The second-order valence-corrected chi connectivity index (χ2v) is 7.26. The lowest BCUT2D eigenvalue weighted by molar-refractivity contribution is 0.0952. The monoisotopic (exact) mass is 373 g/mol. The number of H-pyrrole nitrogens is 1. The number of imidazole rings is 1. The van der Waals surface area contributed by atoms with E-state index in [0.717, 1.165) is 34.4 Å². The summed E-state index contributed by atoms with van der Waals surface area (Å²) >= 11 is 0. The van der Waals surface area contributed by atoms with Crippen molar-refractivity contribution in [2.75, 3.05) is 27.2 Å². The van der Waals surface area contributed by atoms with Crippen LogP contribution in [0.15, 0.2) is 48.7 Å². The third-order valence-corrected chi connectivity index (χ3v) is 4.70. The van der Waals surface area contributed by atoms with Crippen LogP contribution in [0.1, 0.15) is 15.9 Å². The molecule has 6 nitrogen and oxygen atoms in total. The maximum absolute atomic E-state index is 12.8. The van der Waals surface area contributed by atoms with E-state index in [2.05, 4.69) is 28.3 Å². The van der Waals surface area contributed by atoms with E-state index in [1.165, 1.54) is 5.56 Å². The van der Waals surface area contributed by atoms with Crippen LogP contribution in [0, 0.1) is 6.92 Å². The average molecular weight is 373 g/mol. The van der Waals surface area contributed by atoms with Crippen molar-refractivity contribution in [2.24, 2.45) is 0 Å². The number of aromatic nitrogens is 3. The summed E-state index contributed by atoms with van der Waals surface area (Å²) in [5, 5.41) is 3.90. The molecule has 0 aliphatic heterocycles. The van der Waals surface area contributed by atoms with Gasteiger partial charge in [0.15, 0.2) is 0 Å². The summed E-state index contributed by atoms with van der Waals surface area (Å²) in [7, 11) is 3.96. The topological polar surface area (TPSA) is 73.9 Å². The Kier molecular flexibility index (Phi) is 4.79. The predicted molar refractivity (Wildman–Crippen MR) is 112 cm³/mol. The van der Waals surface area contributed by atoms with Crippen molar-refractivity contribution in [2.45, 2.75) is 6.92 Å². The number of carbonyl (C=O) groups excluding carboxylic acids is 1. The molecular weight excluding hydrogens is 350 g/mol. The summed E-state index contributed by atoms with van der Waals surface area (Å²) < 4.78 is 0. The SMILES string of the molecule is Cc1ccc2nc(-c3cc(C(=O)NCCN(C)C)c4ncccc4c3)[nH]c2c1. The molecule has 6 heteroatoms. The van der Waals surface area contributed by atoms with Gasteiger partial charge in [0, 0.05) is 30.2 Å². The molecule has 0 bridgehead atoms. The summed E-state index contributed by atoms with van der Waals surface area (Å²) in [6.07, 6.45) is 1.71. The molecule has 0 fully saturated rings. The molecular formula is C22H23N5O. The van der Waals surface area contributed by atoms with E-state index in [9.17, 15) is 4.79 Å². The molecule has 4 rings (SSSR count). The van der Waals surface area contributed by atoms with Crippen LogP contribution in [0.2, 0.25) is 0 Å². The summed E-state index contributed by atoms with van der Waals surface area (Å²) in [4.78, 5) is 27.4. The number of nitrogens with one attached hydrogen (secondary N) is 2. The van der Waals surface area contributed by atoms with Gasteiger partial charge in [0.1, 0.15) is 5.82 Å². The van der Waals surface area contributed by atoms with E-state index in [4.69, 9.17) is 4.98 Å². The summed E-state index contributed by atoms with van der Waals surface area (Å²) in [5.74, 6) is 0.619. The standard InChI is InChI=1S/C22H23N5O/c1-14-6-7-18-19(11-14)26-21(25-18)16-12-15-5-4-8-23-20(15)17(13-16)22(28)24-9-10-27(2)3/h4-8,11-13H,9-10H2,1-3H3,(H,24,28)(H,25,26). The van der Waals surface area contributed by atoms with Crippen LogP contribution in [-0.2, 0) is 0 Å². The number of likely N-dealkylation sites (N-methyl/N-ethyl adjacent to an activating group) is 1. The van der Waals surface area contributed by atoms with E-state index in [1.807, 2.05) is 55.4 Å². The van der Waals surface area contributed by atoms with Crippen molar-refractivity contribution in [3.8, 4) is 11.4 Å². The average Bonchev–Trinajstić information content (AvgIpc) is 3.10. The Morgan fingerprint density at radius 3 is 2.86 bits per heavy atom. The molecule has 0 aliphatic rings. The number of nitrogens with zero attached hydrogens (tertiary/aromatic N) is 3. The molecule has 28 heavy (non-hydrogen) atoms. The van der Waals surface area contributed by atoms with Crippen LogP contribution in [0.25, 0.3) is 33.3 Å². The van der Waals surface area contributed by atoms with Crippen molar-refractivity contribution < 1.29 is 4.79 Å². The fraction of sp³-hybridized carbons (Fsp3) is 0.227. The summed E-state index contributed by atoms with van der Waals surface area (Å²) in [5.41, 5.74) is 5.18. The van der Waals surface area contributed by atoms with Crippen LogP contribution in [0.4, 0.5) is 0 Å². The molecule has 4 aromatic rings. The molecule has 142 valence electrons. The van der Waals surface area contributed by atoms with E-state index < -0.39 is 0 Å². The number of hydrogen-bond acceptors (Lipinski definition) is 4. The molecule has 0 radical (unpaired) electrons. The smallest absolute Gasteiger partial charge is 0.253 e. The number of fused-ring (bicyclic) bond motifs is 2. The highest BCUT2D eigenvalue weighted by atomic mass is 16.1. The molecule has 0 spiro atoms. The number of aryl methyl sites for hydroxylation is 1. The van der Waals surface area contributed by atoms with Gasteiger partial charge in [-0.15, -0.1) is 0 Å². The quantitative estimate of drug-likeness (QED) is 0.562. The molecule has 0 aliphatic carbocycles. The Morgan fingerprint density at radius 2 is 2.04 bits per heavy atom. The molecule has 2 aromatic heterocycles. The zero-order chi connectivity index (χ0) is 19.7. The van der Waals surface area contributed by atoms with Crippen molar-refractivity contribution in [3.63, 3.8) is 0 Å². The first-order chi connectivity index (χ1) is 13.5. The largest absolute Gasteiger partial charge is 0.351 e. The minimum atomic E-state index is -0.126. The first-order valence-electron chi connectivity index (χ1n) is 9.30. The summed E-state index contributed by atoms with van der Waals surface area (Å²) in [6, 6.07) is 13.8. The molecule has 0 saturated carbocycles. The van der Waals surface area contributed by atoms with E-state index in [1.54, 1.807) is 6.20 Å². The molecule has 2 N–H and O–H groups in total. The Bertz CT molecular complexity index is 1160. The van der Waals surface area contributed by atoms with Gasteiger partial charge < -0.3 is 15.2 Å². The van der Waals surface area contributed by atoms with Crippen molar-refractivity contribution in [1.82, 2.24) is 25.2 Å². The van der Waals surface area contributed by atoms with Crippen molar-refractivity contribution in [3.05, 3.63) is 59.8 Å². The van der Waals surface area contributed by atoms with Gasteiger partial charge in [-0.05, 0) is 56.9 Å². The minimum Gasteiger partial charge on any atom is -0.351 e. The second-order valence-electron chi connectivity index (χ2n) is 7.26.